The topological polar surface area (TPSA) is 48.8 Å². The smallest absolute Gasteiger partial charge is 0.127 e. The average Bonchev–Trinajstić information content (AvgIpc) is 2.08. The predicted molar refractivity (Wildman–Crippen MR) is 63.5 cm³/mol. The summed E-state index contributed by atoms with van der Waals surface area (Å²) in [6.07, 6.45) is 5.75. The molecule has 0 amide bonds. The first-order chi connectivity index (χ1) is 6.56. The van der Waals surface area contributed by atoms with Gasteiger partial charge in [-0.3, -0.25) is 0 Å². The van der Waals surface area contributed by atoms with E-state index in [2.05, 4.69) is 41.1 Å². The van der Waals surface area contributed by atoms with Crippen molar-refractivity contribution in [2.75, 3.05) is 6.54 Å². The third-order valence-corrected chi connectivity index (χ3v) is 2.23. The maximum Gasteiger partial charge on any atom is 0.129 e. The zero-order chi connectivity index (χ0) is 10.9. The summed E-state index contributed by atoms with van der Waals surface area (Å²) >= 11 is 0. The summed E-state index contributed by atoms with van der Waals surface area (Å²) in [5, 5.41) is 3.45. The highest BCUT2D eigenvalue weighted by atomic mass is 28.3. The van der Waals surface area contributed by atoms with E-state index < -0.39 is 8.07 Å². The lowest BCUT2D eigenvalue weighted by Crippen LogP contribution is -2.16. The maximum absolute atomic E-state index is 8.02. The van der Waals surface area contributed by atoms with E-state index in [1.807, 2.05) is 12.2 Å². The van der Waals surface area contributed by atoms with Crippen molar-refractivity contribution in [2.45, 2.75) is 32.5 Å². The minimum Gasteiger partial charge on any atom is -0.127 e. The number of unbranched alkanes of at least 4 members (excludes halogenated alkanes) is 1. The number of allylic oxidation sites excluding steroid dienone is 2. The van der Waals surface area contributed by atoms with Crippen molar-refractivity contribution < 1.29 is 0 Å². The summed E-state index contributed by atoms with van der Waals surface area (Å²) in [4.78, 5) is 2.68. The van der Waals surface area contributed by atoms with Crippen LogP contribution in [0.2, 0.25) is 19.6 Å². The van der Waals surface area contributed by atoms with E-state index in [0.29, 0.717) is 6.54 Å². The molecule has 0 aromatic carbocycles. The highest BCUT2D eigenvalue weighted by molar-refractivity contribution is 6.83. The molecule has 0 aromatic heterocycles. The quantitative estimate of drug-likeness (QED) is 0.169. The van der Waals surface area contributed by atoms with Gasteiger partial charge >= 0.3 is 0 Å². The molecule has 0 spiro atoms. The molecule has 0 aromatic rings. The molecule has 0 radical (unpaired) electrons. The van der Waals surface area contributed by atoms with Gasteiger partial charge in [0.2, 0.25) is 0 Å². The van der Waals surface area contributed by atoms with E-state index in [1.54, 1.807) is 0 Å². The van der Waals surface area contributed by atoms with Crippen LogP contribution in [0.3, 0.4) is 0 Å². The Kier molecular flexibility index (Phi) is 6.64. The molecular formula is C10H17N3Si. The molecule has 0 saturated carbocycles. The van der Waals surface area contributed by atoms with Gasteiger partial charge in [0.05, 0.1) is 0 Å². The van der Waals surface area contributed by atoms with Crippen LogP contribution in [0.4, 0.5) is 0 Å². The zero-order valence-corrected chi connectivity index (χ0v) is 10.1. The van der Waals surface area contributed by atoms with Crippen LogP contribution in [0, 0.1) is 11.5 Å². The molecule has 0 bridgehead atoms. The van der Waals surface area contributed by atoms with Crippen molar-refractivity contribution in [3.63, 3.8) is 0 Å². The Morgan fingerprint density at radius 1 is 1.43 bits per heavy atom. The molecule has 0 aliphatic heterocycles. The molecule has 0 N–H and O–H groups in total. The number of hydrogen-bond donors (Lipinski definition) is 0. The summed E-state index contributed by atoms with van der Waals surface area (Å²) in [5.74, 6) is 3.04. The molecule has 0 saturated heterocycles. The molecule has 0 rings (SSSR count). The lowest BCUT2D eigenvalue weighted by Gasteiger charge is -2.01. The molecule has 0 aliphatic rings. The molecule has 0 fully saturated rings. The molecule has 0 heterocycles. The third kappa shape index (κ3) is 10.8. The third-order valence-electron chi connectivity index (χ3n) is 1.34. The van der Waals surface area contributed by atoms with Crippen LogP contribution < -0.4 is 0 Å². The lowest BCUT2D eigenvalue weighted by molar-refractivity contribution is 0.849. The molecule has 0 atom stereocenters. The van der Waals surface area contributed by atoms with Gasteiger partial charge in [-0.25, -0.2) is 0 Å². The van der Waals surface area contributed by atoms with Crippen molar-refractivity contribution in [2.24, 2.45) is 5.11 Å². The summed E-state index contributed by atoms with van der Waals surface area (Å²) in [5.41, 5.74) is 11.3. The lowest BCUT2D eigenvalue weighted by atomic mass is 10.3. The van der Waals surface area contributed by atoms with E-state index in [4.69, 9.17) is 5.53 Å². The fourth-order valence-corrected chi connectivity index (χ4v) is 1.24. The maximum atomic E-state index is 8.02. The second-order valence-electron chi connectivity index (χ2n) is 4.02. The van der Waals surface area contributed by atoms with Gasteiger partial charge in [0.25, 0.3) is 0 Å². The molecule has 3 nitrogen and oxygen atoms in total. The van der Waals surface area contributed by atoms with Gasteiger partial charge in [0, 0.05) is 11.5 Å². The molecule has 0 aliphatic carbocycles. The zero-order valence-electron chi connectivity index (χ0n) is 9.12. The summed E-state index contributed by atoms with van der Waals surface area (Å²) in [7, 11) is -1.22. The second-order valence-corrected chi connectivity index (χ2v) is 8.77. The number of rotatable bonds is 4. The van der Waals surface area contributed by atoms with Crippen LogP contribution >= 0.6 is 0 Å². The SMILES string of the molecule is C[Si](C)(C)C#C/C=C\CCCN=[N+]=[N-]. The van der Waals surface area contributed by atoms with Crippen LogP contribution in [-0.4, -0.2) is 14.6 Å². The minimum atomic E-state index is -1.22. The normalized spacial score (nSPS) is 10.5. The summed E-state index contributed by atoms with van der Waals surface area (Å²) in [6.45, 7) is 7.22. The molecule has 76 valence electrons. The van der Waals surface area contributed by atoms with Crippen molar-refractivity contribution in [3.8, 4) is 11.5 Å². The highest BCUT2D eigenvalue weighted by Crippen LogP contribution is 1.96. The fraction of sp³-hybridized carbons (Fsp3) is 0.600. The molecule has 4 heteroatoms. The van der Waals surface area contributed by atoms with Crippen LogP contribution in [0.25, 0.3) is 10.4 Å². The van der Waals surface area contributed by atoms with Crippen molar-refractivity contribution in [1.29, 1.82) is 0 Å². The standard InChI is InChI=1S/C10H17N3Si/c1-14(2,3)10-8-6-4-5-7-9-12-13-11/h4,6H,5,7,9H2,1-3H3/b6-4-. The van der Waals surface area contributed by atoms with E-state index in [-0.39, 0.29) is 0 Å². The number of hydrogen-bond acceptors (Lipinski definition) is 1. The van der Waals surface area contributed by atoms with Crippen molar-refractivity contribution in [1.82, 2.24) is 0 Å². The van der Waals surface area contributed by atoms with Gasteiger partial charge in [-0.2, -0.15) is 0 Å². The average molecular weight is 207 g/mol. The second kappa shape index (κ2) is 7.25. The van der Waals surface area contributed by atoms with Crippen molar-refractivity contribution in [3.05, 3.63) is 22.6 Å². The van der Waals surface area contributed by atoms with E-state index in [9.17, 15) is 0 Å². The highest BCUT2D eigenvalue weighted by Gasteiger charge is 2.06. The van der Waals surface area contributed by atoms with Gasteiger partial charge in [-0.05, 0) is 24.4 Å². The van der Waals surface area contributed by atoms with Gasteiger partial charge < -0.3 is 0 Å². The van der Waals surface area contributed by atoms with Gasteiger partial charge in [-0.15, -0.1) is 5.54 Å². The number of azide groups is 1. The van der Waals surface area contributed by atoms with Crippen LogP contribution in [0.15, 0.2) is 17.3 Å². The Labute approximate surface area is 86.8 Å². The largest absolute Gasteiger partial charge is 0.129 e. The molecular weight excluding hydrogens is 190 g/mol. The predicted octanol–water partition coefficient (Wildman–Crippen LogP) is 3.51. The van der Waals surface area contributed by atoms with Crippen molar-refractivity contribution >= 4 is 8.07 Å². The minimum absolute atomic E-state index is 0.572. The Balaban J connectivity index is 3.63. The van der Waals surface area contributed by atoms with E-state index >= 15 is 0 Å². The first-order valence-electron chi connectivity index (χ1n) is 4.75. The van der Waals surface area contributed by atoms with Crippen LogP contribution in [-0.2, 0) is 0 Å². The van der Waals surface area contributed by atoms with Gasteiger partial charge in [-0.1, -0.05) is 36.8 Å². The Morgan fingerprint density at radius 3 is 2.71 bits per heavy atom. The number of nitrogens with zero attached hydrogens (tertiary/aromatic N) is 3. The molecule has 0 unspecified atom stereocenters. The van der Waals surface area contributed by atoms with E-state index in [1.165, 1.54) is 0 Å². The summed E-state index contributed by atoms with van der Waals surface area (Å²) < 4.78 is 0. The first-order valence-corrected chi connectivity index (χ1v) is 8.25. The Morgan fingerprint density at radius 2 is 2.14 bits per heavy atom. The van der Waals surface area contributed by atoms with Gasteiger partial charge in [0.1, 0.15) is 8.07 Å². The Bertz CT molecular complexity index is 285. The fourth-order valence-electron chi connectivity index (χ4n) is 0.725. The van der Waals surface area contributed by atoms with Crippen LogP contribution in [0.5, 0.6) is 0 Å². The monoisotopic (exact) mass is 207 g/mol. The van der Waals surface area contributed by atoms with Crippen LogP contribution in [0.1, 0.15) is 12.8 Å². The Hall–Kier alpha value is -1.17. The first kappa shape index (κ1) is 12.8. The van der Waals surface area contributed by atoms with Gasteiger partial charge in [0.15, 0.2) is 0 Å². The molecule has 14 heavy (non-hydrogen) atoms. The van der Waals surface area contributed by atoms with E-state index in [0.717, 1.165) is 12.8 Å². The summed E-state index contributed by atoms with van der Waals surface area (Å²) in [6, 6.07) is 0.